The van der Waals surface area contributed by atoms with Crippen LogP contribution in [0.3, 0.4) is 0 Å². The second-order valence-electron chi connectivity index (χ2n) is 9.67. The highest BCUT2D eigenvalue weighted by atomic mass is 35.5. The van der Waals surface area contributed by atoms with Gasteiger partial charge in [-0.3, -0.25) is 19.9 Å². The van der Waals surface area contributed by atoms with Gasteiger partial charge in [-0.1, -0.05) is 6.07 Å². The van der Waals surface area contributed by atoms with Crippen LogP contribution in [0.1, 0.15) is 54.7 Å². The second-order valence-corrected chi connectivity index (χ2v) is 9.67. The fraction of sp³-hybridized carbons (Fsp3) is 0.429. The Hall–Kier alpha value is -3.63. The number of likely N-dealkylation sites (tertiary alicyclic amines) is 1. The number of H-pyrrole nitrogens is 1. The summed E-state index contributed by atoms with van der Waals surface area (Å²) in [6.45, 7) is 6.55. The maximum Gasteiger partial charge on any atom is 0.307 e. The number of aromatic amines is 1. The molecule has 0 radical (unpaired) electrons. The van der Waals surface area contributed by atoms with Gasteiger partial charge in [-0.2, -0.15) is 0 Å². The van der Waals surface area contributed by atoms with Crippen molar-refractivity contribution in [1.82, 2.24) is 19.8 Å². The standard InChI is InChI=1S/C28H37N7O3.ClH/c1-4-38-24(36)13-16-34(3)26(28(37)35-14-5-6-15-35)21-11-12-22-25(18(21)2)33-23(32-22)17-31-20-9-7-19(8-10-20)27(29)30;/h7-12,26,31H,4-6,13-17H2,1-3H3,(H3,29,30)(H,32,33);1H. The predicted octanol–water partition coefficient (Wildman–Crippen LogP) is 3.74. The van der Waals surface area contributed by atoms with Gasteiger partial charge in [0, 0.05) is 30.9 Å². The van der Waals surface area contributed by atoms with Crippen molar-refractivity contribution in [3.05, 3.63) is 58.9 Å². The highest BCUT2D eigenvalue weighted by Crippen LogP contribution is 2.31. The number of esters is 1. The van der Waals surface area contributed by atoms with E-state index in [0.29, 0.717) is 25.3 Å². The third-order valence-electron chi connectivity index (χ3n) is 7.02. The molecule has 210 valence electrons. The van der Waals surface area contributed by atoms with Crippen LogP contribution in [-0.2, 0) is 20.9 Å². The lowest BCUT2D eigenvalue weighted by Crippen LogP contribution is -2.41. The predicted molar refractivity (Wildman–Crippen MR) is 155 cm³/mol. The van der Waals surface area contributed by atoms with Crippen molar-refractivity contribution in [1.29, 1.82) is 5.41 Å². The monoisotopic (exact) mass is 555 g/mol. The third-order valence-corrected chi connectivity index (χ3v) is 7.02. The Morgan fingerprint density at radius 3 is 2.54 bits per heavy atom. The van der Waals surface area contributed by atoms with E-state index in [0.717, 1.165) is 59.6 Å². The van der Waals surface area contributed by atoms with Gasteiger partial charge in [0.15, 0.2) is 0 Å². The number of aryl methyl sites for hydroxylation is 1. The maximum atomic E-state index is 13.7. The average molecular weight is 556 g/mol. The molecule has 1 saturated heterocycles. The molecule has 1 unspecified atom stereocenters. The lowest BCUT2D eigenvalue weighted by Gasteiger charge is -2.31. The van der Waals surface area contributed by atoms with E-state index in [-0.39, 0.29) is 36.5 Å². The number of aromatic nitrogens is 2. The molecule has 5 N–H and O–H groups in total. The first kappa shape index (κ1) is 29.9. The van der Waals surface area contributed by atoms with Crippen molar-refractivity contribution < 1.29 is 14.3 Å². The summed E-state index contributed by atoms with van der Waals surface area (Å²) in [5.41, 5.74) is 10.7. The lowest BCUT2D eigenvalue weighted by atomic mass is 9.97. The van der Waals surface area contributed by atoms with Gasteiger partial charge in [0.1, 0.15) is 17.7 Å². The molecule has 1 atom stereocenters. The number of nitrogens with two attached hydrogens (primary N) is 1. The van der Waals surface area contributed by atoms with Gasteiger partial charge < -0.3 is 25.7 Å². The highest BCUT2D eigenvalue weighted by Gasteiger charge is 2.32. The zero-order valence-electron chi connectivity index (χ0n) is 22.8. The van der Waals surface area contributed by atoms with Gasteiger partial charge in [0.2, 0.25) is 5.91 Å². The Labute approximate surface area is 235 Å². The molecular formula is C28H38ClN7O3. The number of hydrogen-bond acceptors (Lipinski definition) is 7. The van der Waals surface area contributed by atoms with Crippen LogP contribution < -0.4 is 11.1 Å². The molecule has 10 nitrogen and oxygen atoms in total. The Balaban J connectivity index is 0.00000420. The molecule has 1 amide bonds. The summed E-state index contributed by atoms with van der Waals surface area (Å²) in [7, 11) is 1.89. The number of nitrogens with one attached hydrogen (secondary N) is 3. The van der Waals surface area contributed by atoms with Gasteiger partial charge in [0.25, 0.3) is 0 Å². The molecule has 0 saturated carbocycles. The number of likely N-dealkylation sites (N-methyl/N-ethyl adjacent to an activating group) is 1. The quantitative estimate of drug-likeness (QED) is 0.160. The average Bonchev–Trinajstić information content (AvgIpc) is 3.59. The van der Waals surface area contributed by atoms with Gasteiger partial charge in [-0.25, -0.2) is 4.98 Å². The number of amidine groups is 1. The van der Waals surface area contributed by atoms with E-state index >= 15 is 0 Å². The summed E-state index contributed by atoms with van der Waals surface area (Å²) in [5.74, 6) is 0.601. The van der Waals surface area contributed by atoms with Crippen LogP contribution in [0.15, 0.2) is 36.4 Å². The van der Waals surface area contributed by atoms with Crippen LogP contribution >= 0.6 is 12.4 Å². The van der Waals surface area contributed by atoms with Crippen molar-refractivity contribution in [2.75, 3.05) is 38.6 Å². The van der Waals surface area contributed by atoms with Gasteiger partial charge in [-0.15, -0.1) is 12.4 Å². The van der Waals surface area contributed by atoms with Crippen molar-refractivity contribution in [2.45, 2.75) is 45.7 Å². The van der Waals surface area contributed by atoms with Crippen LogP contribution in [-0.4, -0.2) is 70.8 Å². The van der Waals surface area contributed by atoms with Crippen molar-refractivity contribution in [2.24, 2.45) is 5.73 Å². The molecule has 0 bridgehead atoms. The Morgan fingerprint density at radius 2 is 1.90 bits per heavy atom. The SMILES string of the molecule is CCOC(=O)CCN(C)C(C(=O)N1CCCC1)c1ccc2[nH]c(CNc3ccc(C(=N)N)cc3)nc2c1C.Cl. The number of halogens is 1. The number of nitrogens with zero attached hydrogens (tertiary/aromatic N) is 3. The molecule has 3 aromatic rings. The minimum Gasteiger partial charge on any atom is -0.466 e. The molecule has 2 heterocycles. The maximum absolute atomic E-state index is 13.7. The zero-order valence-corrected chi connectivity index (χ0v) is 23.6. The largest absolute Gasteiger partial charge is 0.466 e. The van der Waals surface area contributed by atoms with Gasteiger partial charge in [-0.05, 0) is 75.2 Å². The number of carbonyl (C=O) groups excluding carboxylic acids is 2. The second kappa shape index (κ2) is 13.4. The van der Waals surface area contributed by atoms with E-state index in [9.17, 15) is 9.59 Å². The fourth-order valence-electron chi connectivity index (χ4n) is 4.91. The van der Waals surface area contributed by atoms with E-state index in [1.54, 1.807) is 19.1 Å². The number of imidazole rings is 1. The van der Waals surface area contributed by atoms with E-state index in [2.05, 4.69) is 10.3 Å². The van der Waals surface area contributed by atoms with Crippen molar-refractivity contribution in [3.63, 3.8) is 0 Å². The van der Waals surface area contributed by atoms with Crippen molar-refractivity contribution >= 4 is 46.8 Å². The number of amides is 1. The van der Waals surface area contributed by atoms with E-state index < -0.39 is 6.04 Å². The topological polar surface area (TPSA) is 140 Å². The normalized spacial score (nSPS) is 13.8. The number of benzene rings is 2. The Kier molecular flexibility index (Phi) is 10.3. The molecule has 2 aromatic carbocycles. The summed E-state index contributed by atoms with van der Waals surface area (Å²) >= 11 is 0. The first-order valence-corrected chi connectivity index (χ1v) is 13.1. The number of rotatable bonds is 11. The third kappa shape index (κ3) is 7.07. The number of anilines is 1. The number of nitrogen functional groups attached to an aromatic ring is 1. The van der Waals surface area contributed by atoms with Gasteiger partial charge in [0.05, 0.1) is 30.6 Å². The zero-order chi connectivity index (χ0) is 27.2. The molecule has 4 rings (SSSR count). The minimum atomic E-state index is -0.509. The number of fused-ring (bicyclic) bond motifs is 1. The molecular weight excluding hydrogens is 518 g/mol. The summed E-state index contributed by atoms with van der Waals surface area (Å²) in [4.78, 5) is 37.8. The fourth-order valence-corrected chi connectivity index (χ4v) is 4.91. The summed E-state index contributed by atoms with van der Waals surface area (Å²) < 4.78 is 5.10. The van der Waals surface area contributed by atoms with Crippen LogP contribution in [0, 0.1) is 12.3 Å². The summed E-state index contributed by atoms with van der Waals surface area (Å²) in [6.07, 6.45) is 2.24. The summed E-state index contributed by atoms with van der Waals surface area (Å²) in [5, 5.41) is 10.9. The molecule has 11 heteroatoms. The van der Waals surface area contributed by atoms with Crippen LogP contribution in [0.4, 0.5) is 5.69 Å². The smallest absolute Gasteiger partial charge is 0.307 e. The number of carbonyl (C=O) groups is 2. The van der Waals surface area contributed by atoms with Crippen LogP contribution in [0.25, 0.3) is 11.0 Å². The van der Waals surface area contributed by atoms with Crippen LogP contribution in [0.2, 0.25) is 0 Å². The first-order chi connectivity index (χ1) is 18.3. The molecule has 39 heavy (non-hydrogen) atoms. The number of ether oxygens (including phenoxy) is 1. The Bertz CT molecular complexity index is 1300. The first-order valence-electron chi connectivity index (χ1n) is 13.1. The summed E-state index contributed by atoms with van der Waals surface area (Å²) in [6, 6.07) is 10.8. The van der Waals surface area contributed by atoms with Gasteiger partial charge >= 0.3 is 5.97 Å². The molecule has 1 aliphatic rings. The number of hydrogen-bond donors (Lipinski definition) is 4. The highest BCUT2D eigenvalue weighted by molar-refractivity contribution is 5.95. The molecule has 1 aliphatic heterocycles. The minimum absolute atomic E-state index is 0. The van der Waals surface area contributed by atoms with E-state index in [1.807, 2.05) is 48.0 Å². The molecule has 1 aromatic heterocycles. The molecule has 0 aliphatic carbocycles. The Morgan fingerprint density at radius 1 is 1.21 bits per heavy atom. The van der Waals surface area contributed by atoms with Crippen LogP contribution in [0.5, 0.6) is 0 Å². The lowest BCUT2D eigenvalue weighted by molar-refractivity contribution is -0.144. The van der Waals surface area contributed by atoms with Crippen molar-refractivity contribution in [3.8, 4) is 0 Å². The van der Waals surface area contributed by atoms with E-state index in [4.69, 9.17) is 20.9 Å². The van der Waals surface area contributed by atoms with E-state index in [1.165, 1.54) is 0 Å². The molecule has 1 fully saturated rings. The molecule has 0 spiro atoms.